The lowest BCUT2D eigenvalue weighted by Gasteiger charge is -2.20. The van der Waals surface area contributed by atoms with E-state index in [-0.39, 0.29) is 11.4 Å². The summed E-state index contributed by atoms with van der Waals surface area (Å²) < 4.78 is 26.6. The third-order valence-electron chi connectivity index (χ3n) is 5.70. The maximum Gasteiger partial charge on any atom is 0.261 e. The third-order valence-corrected chi connectivity index (χ3v) is 5.70. The van der Waals surface area contributed by atoms with Gasteiger partial charge in [-0.2, -0.15) is 5.10 Å². The monoisotopic (exact) mass is 469 g/mol. The summed E-state index contributed by atoms with van der Waals surface area (Å²) in [6, 6.07) is 14.6. The van der Waals surface area contributed by atoms with E-state index in [0.29, 0.717) is 6.29 Å². The zero-order valence-corrected chi connectivity index (χ0v) is 19.1. The van der Waals surface area contributed by atoms with Crippen molar-refractivity contribution in [3.8, 4) is 0 Å². The van der Waals surface area contributed by atoms with Crippen LogP contribution < -0.4 is 10.6 Å². The van der Waals surface area contributed by atoms with E-state index in [1.807, 2.05) is 0 Å². The first-order valence-electron chi connectivity index (χ1n) is 11.2. The van der Waals surface area contributed by atoms with Crippen molar-refractivity contribution >= 4 is 17.9 Å². The molecule has 4 rings (SSSR count). The van der Waals surface area contributed by atoms with Crippen LogP contribution in [0.15, 0.2) is 54.7 Å². The quantitative estimate of drug-likeness (QED) is 0.475. The standard InChI is InChI=1S/C14H22N2.C11H7F2N3O2/c1-15-14-8-5-10-16(11-9-14)12-13-6-3-2-4-7-13;12-6-2-1-3-7(13)10(6)11(18)15-8-4-14-16-9(8)5-17/h2-4,6-7,14-15H,5,8-12H2,1H3;1-5H,(H,14,16)(H,15,18). The number of hydrogen-bond acceptors (Lipinski definition) is 5. The Bertz CT molecular complexity index is 1050. The lowest BCUT2D eigenvalue weighted by atomic mass is 10.1. The number of nitrogens with zero attached hydrogens (tertiary/aromatic N) is 2. The van der Waals surface area contributed by atoms with Gasteiger partial charge in [-0.3, -0.25) is 19.6 Å². The normalized spacial score (nSPS) is 16.1. The van der Waals surface area contributed by atoms with Crippen molar-refractivity contribution in [2.45, 2.75) is 31.8 Å². The number of rotatable bonds is 6. The van der Waals surface area contributed by atoms with E-state index in [0.717, 1.165) is 30.8 Å². The molecule has 1 aliphatic rings. The van der Waals surface area contributed by atoms with Crippen LogP contribution in [0.3, 0.4) is 0 Å². The highest BCUT2D eigenvalue weighted by Gasteiger charge is 2.18. The van der Waals surface area contributed by atoms with Crippen LogP contribution in [0.25, 0.3) is 0 Å². The van der Waals surface area contributed by atoms with E-state index in [9.17, 15) is 18.4 Å². The molecule has 0 saturated carbocycles. The Hall–Kier alpha value is -3.43. The molecule has 34 heavy (non-hydrogen) atoms. The molecule has 1 atom stereocenters. The van der Waals surface area contributed by atoms with E-state index in [2.05, 4.69) is 63.1 Å². The summed E-state index contributed by atoms with van der Waals surface area (Å²) in [5, 5.41) is 11.4. The minimum atomic E-state index is -0.991. The minimum Gasteiger partial charge on any atom is -0.318 e. The lowest BCUT2D eigenvalue weighted by Crippen LogP contribution is -2.28. The number of aromatic amines is 1. The highest BCUT2D eigenvalue weighted by atomic mass is 19.1. The summed E-state index contributed by atoms with van der Waals surface area (Å²) in [4.78, 5) is 24.8. The van der Waals surface area contributed by atoms with Gasteiger partial charge in [0.25, 0.3) is 5.91 Å². The second-order valence-electron chi connectivity index (χ2n) is 8.04. The molecule has 1 saturated heterocycles. The number of carbonyl (C=O) groups is 2. The van der Waals surface area contributed by atoms with Crippen LogP contribution in [-0.2, 0) is 6.54 Å². The second kappa shape index (κ2) is 12.7. The minimum absolute atomic E-state index is 0.0140. The summed E-state index contributed by atoms with van der Waals surface area (Å²) in [5.74, 6) is -2.96. The molecular weight excluding hydrogens is 440 g/mol. The maximum absolute atomic E-state index is 13.3. The first-order chi connectivity index (χ1) is 16.5. The van der Waals surface area contributed by atoms with Gasteiger partial charge in [0.05, 0.1) is 11.9 Å². The average Bonchev–Trinajstić information content (AvgIpc) is 3.16. The Morgan fingerprint density at radius 2 is 1.85 bits per heavy atom. The first kappa shape index (κ1) is 25.2. The summed E-state index contributed by atoms with van der Waals surface area (Å²) in [5.41, 5.74) is 0.790. The number of benzene rings is 2. The molecule has 2 heterocycles. The van der Waals surface area contributed by atoms with Gasteiger partial charge in [-0.25, -0.2) is 8.78 Å². The zero-order chi connectivity index (χ0) is 24.3. The largest absolute Gasteiger partial charge is 0.318 e. The highest BCUT2D eigenvalue weighted by Crippen LogP contribution is 2.16. The van der Waals surface area contributed by atoms with Gasteiger partial charge in [0.15, 0.2) is 6.29 Å². The van der Waals surface area contributed by atoms with Crippen molar-refractivity contribution in [3.63, 3.8) is 0 Å². The van der Waals surface area contributed by atoms with E-state index < -0.39 is 23.1 Å². The predicted octanol–water partition coefficient (Wildman–Crippen LogP) is 4.01. The average molecular weight is 470 g/mol. The summed E-state index contributed by atoms with van der Waals surface area (Å²) >= 11 is 0. The Balaban J connectivity index is 0.000000192. The Morgan fingerprint density at radius 3 is 2.53 bits per heavy atom. The van der Waals surface area contributed by atoms with Gasteiger partial charge in [-0.1, -0.05) is 36.4 Å². The predicted molar refractivity (Wildman–Crippen MR) is 127 cm³/mol. The molecule has 1 aromatic heterocycles. The summed E-state index contributed by atoms with van der Waals surface area (Å²) in [7, 11) is 2.08. The first-order valence-corrected chi connectivity index (χ1v) is 11.2. The number of aromatic nitrogens is 2. The van der Waals surface area contributed by atoms with E-state index >= 15 is 0 Å². The molecule has 3 aromatic rings. The van der Waals surface area contributed by atoms with Crippen molar-refractivity contribution in [3.05, 3.63) is 83.2 Å². The lowest BCUT2D eigenvalue weighted by molar-refractivity contribution is 0.101. The molecular formula is C25H29F2N5O2. The van der Waals surface area contributed by atoms with Gasteiger partial charge < -0.3 is 10.6 Å². The molecule has 2 aromatic carbocycles. The van der Waals surface area contributed by atoms with Gasteiger partial charge in [-0.05, 0) is 57.1 Å². The molecule has 0 radical (unpaired) electrons. The van der Waals surface area contributed by atoms with Crippen LogP contribution in [0.5, 0.6) is 0 Å². The van der Waals surface area contributed by atoms with Crippen molar-refractivity contribution in [2.75, 3.05) is 25.5 Å². The molecule has 7 nitrogen and oxygen atoms in total. The molecule has 1 fully saturated rings. The number of halogens is 2. The number of likely N-dealkylation sites (tertiary alicyclic amines) is 1. The van der Waals surface area contributed by atoms with Crippen molar-refractivity contribution in [1.29, 1.82) is 0 Å². The number of amides is 1. The summed E-state index contributed by atoms with van der Waals surface area (Å²) in [6.07, 6.45) is 5.52. The Labute approximate surface area is 197 Å². The fraction of sp³-hybridized carbons (Fsp3) is 0.320. The molecule has 1 unspecified atom stereocenters. The zero-order valence-electron chi connectivity index (χ0n) is 19.1. The van der Waals surface area contributed by atoms with Crippen molar-refractivity contribution in [2.24, 2.45) is 0 Å². The van der Waals surface area contributed by atoms with Crippen molar-refractivity contribution in [1.82, 2.24) is 20.4 Å². The molecule has 180 valence electrons. The van der Waals surface area contributed by atoms with Gasteiger partial charge in [-0.15, -0.1) is 0 Å². The van der Waals surface area contributed by atoms with Crippen LogP contribution >= 0.6 is 0 Å². The number of carbonyl (C=O) groups excluding carboxylic acids is 2. The molecule has 0 aliphatic carbocycles. The van der Waals surface area contributed by atoms with Crippen LogP contribution in [0.1, 0.15) is 45.7 Å². The third kappa shape index (κ3) is 7.03. The van der Waals surface area contributed by atoms with Crippen LogP contribution in [0.4, 0.5) is 14.5 Å². The molecule has 0 bridgehead atoms. The summed E-state index contributed by atoms with van der Waals surface area (Å²) in [6.45, 7) is 3.57. The SMILES string of the molecule is CNC1CCCN(Cc2ccccc2)CC1.O=Cc1[nH]ncc1NC(=O)c1c(F)cccc1F. The number of nitrogens with one attached hydrogen (secondary N) is 3. The van der Waals surface area contributed by atoms with Gasteiger partial charge >= 0.3 is 0 Å². The van der Waals surface area contributed by atoms with E-state index in [4.69, 9.17) is 0 Å². The maximum atomic E-state index is 13.3. The number of aldehydes is 1. The molecule has 3 N–H and O–H groups in total. The molecule has 0 spiro atoms. The fourth-order valence-corrected chi connectivity index (χ4v) is 3.83. The van der Waals surface area contributed by atoms with Crippen molar-refractivity contribution < 1.29 is 18.4 Å². The van der Waals surface area contributed by atoms with E-state index in [1.54, 1.807) is 0 Å². The molecule has 9 heteroatoms. The Kier molecular flexibility index (Phi) is 9.42. The van der Waals surface area contributed by atoms with Gasteiger partial charge in [0.1, 0.15) is 22.9 Å². The molecule has 1 amide bonds. The van der Waals surface area contributed by atoms with Crippen LogP contribution in [0.2, 0.25) is 0 Å². The molecule has 1 aliphatic heterocycles. The second-order valence-corrected chi connectivity index (χ2v) is 8.04. The smallest absolute Gasteiger partial charge is 0.261 e. The number of anilines is 1. The highest BCUT2D eigenvalue weighted by molar-refractivity contribution is 6.06. The fourth-order valence-electron chi connectivity index (χ4n) is 3.83. The number of hydrogen-bond donors (Lipinski definition) is 3. The Morgan fingerprint density at radius 1 is 1.12 bits per heavy atom. The van der Waals surface area contributed by atoms with Gasteiger partial charge in [0, 0.05) is 12.6 Å². The van der Waals surface area contributed by atoms with Crippen LogP contribution in [0, 0.1) is 11.6 Å². The van der Waals surface area contributed by atoms with Gasteiger partial charge in [0.2, 0.25) is 0 Å². The van der Waals surface area contributed by atoms with E-state index in [1.165, 1.54) is 44.1 Å². The number of H-pyrrole nitrogens is 1. The van der Waals surface area contributed by atoms with Crippen LogP contribution in [-0.4, -0.2) is 53.5 Å². The topological polar surface area (TPSA) is 90.1 Å².